The lowest BCUT2D eigenvalue weighted by atomic mass is 9.84. The first-order chi connectivity index (χ1) is 7.28. The van der Waals surface area contributed by atoms with Crippen LogP contribution in [0.25, 0.3) is 0 Å². The van der Waals surface area contributed by atoms with Gasteiger partial charge in [0.25, 0.3) is 0 Å². The molecule has 0 amide bonds. The van der Waals surface area contributed by atoms with Crippen molar-refractivity contribution in [2.45, 2.75) is 45.3 Å². The second kappa shape index (κ2) is 4.68. The Labute approximate surface area is 98.2 Å². The predicted molar refractivity (Wildman–Crippen MR) is 65.4 cm³/mol. The summed E-state index contributed by atoms with van der Waals surface area (Å²) >= 11 is 0. The monoisotopic (exact) mass is 225 g/mol. The SMILES string of the molecule is C=CCNCC(=O)C1CC(C)(C)OC1(C)C. The van der Waals surface area contributed by atoms with Gasteiger partial charge in [-0.25, -0.2) is 0 Å². The van der Waals surface area contributed by atoms with E-state index in [2.05, 4.69) is 11.9 Å². The van der Waals surface area contributed by atoms with Crippen molar-refractivity contribution in [3.8, 4) is 0 Å². The van der Waals surface area contributed by atoms with Crippen molar-refractivity contribution in [3.05, 3.63) is 12.7 Å². The molecule has 1 N–H and O–H groups in total. The normalized spacial score (nSPS) is 26.6. The Hall–Kier alpha value is -0.670. The molecule has 1 atom stereocenters. The highest BCUT2D eigenvalue weighted by Gasteiger charge is 2.48. The third-order valence-electron chi connectivity index (χ3n) is 3.05. The number of rotatable bonds is 5. The summed E-state index contributed by atoms with van der Waals surface area (Å²) in [5.41, 5.74) is -0.543. The number of ketones is 1. The maximum Gasteiger partial charge on any atom is 0.152 e. The second-order valence-corrected chi connectivity index (χ2v) is 5.61. The molecule has 1 heterocycles. The number of carbonyl (C=O) groups is 1. The molecule has 0 radical (unpaired) electrons. The fourth-order valence-corrected chi connectivity index (χ4v) is 2.48. The van der Waals surface area contributed by atoms with E-state index in [1.165, 1.54) is 0 Å². The van der Waals surface area contributed by atoms with Crippen LogP contribution in [0.3, 0.4) is 0 Å². The van der Waals surface area contributed by atoms with Gasteiger partial charge < -0.3 is 10.1 Å². The zero-order valence-corrected chi connectivity index (χ0v) is 10.8. The number of hydrogen-bond donors (Lipinski definition) is 1. The summed E-state index contributed by atoms with van der Waals surface area (Å²) in [6.07, 6.45) is 2.56. The Balaban J connectivity index is 2.59. The lowest BCUT2D eigenvalue weighted by Crippen LogP contribution is -2.38. The summed E-state index contributed by atoms with van der Waals surface area (Å²) in [4.78, 5) is 12.0. The molecule has 1 fully saturated rings. The van der Waals surface area contributed by atoms with Crippen molar-refractivity contribution in [1.82, 2.24) is 5.32 Å². The number of ether oxygens (including phenoxy) is 1. The molecule has 0 spiro atoms. The van der Waals surface area contributed by atoms with Gasteiger partial charge in [-0.15, -0.1) is 6.58 Å². The standard InChI is InChI=1S/C13H23NO2/c1-6-7-14-9-11(15)10-8-12(2,3)16-13(10,4)5/h6,10,14H,1,7-9H2,2-5H3. The third kappa shape index (κ3) is 3.16. The Morgan fingerprint density at radius 3 is 2.56 bits per heavy atom. The molecule has 1 rings (SSSR count). The van der Waals surface area contributed by atoms with E-state index in [-0.39, 0.29) is 22.9 Å². The van der Waals surface area contributed by atoms with Crippen LogP contribution in [0.1, 0.15) is 34.1 Å². The zero-order chi connectivity index (χ0) is 12.4. The lowest BCUT2D eigenvalue weighted by molar-refractivity contribution is -0.128. The lowest BCUT2D eigenvalue weighted by Gasteiger charge is -2.26. The van der Waals surface area contributed by atoms with E-state index in [0.717, 1.165) is 6.42 Å². The van der Waals surface area contributed by atoms with Crippen molar-refractivity contribution in [2.24, 2.45) is 5.92 Å². The van der Waals surface area contributed by atoms with Gasteiger partial charge in [0, 0.05) is 6.54 Å². The van der Waals surface area contributed by atoms with Crippen LogP contribution in [-0.4, -0.2) is 30.1 Å². The van der Waals surface area contributed by atoms with Gasteiger partial charge in [-0.1, -0.05) is 6.08 Å². The molecule has 1 unspecified atom stereocenters. The molecule has 1 saturated heterocycles. The molecule has 3 heteroatoms. The fraction of sp³-hybridized carbons (Fsp3) is 0.769. The van der Waals surface area contributed by atoms with Crippen LogP contribution in [0.2, 0.25) is 0 Å². The average molecular weight is 225 g/mol. The fourth-order valence-electron chi connectivity index (χ4n) is 2.48. The van der Waals surface area contributed by atoms with E-state index >= 15 is 0 Å². The highest BCUT2D eigenvalue weighted by molar-refractivity contribution is 5.84. The quantitative estimate of drug-likeness (QED) is 0.574. The van der Waals surface area contributed by atoms with Crippen LogP contribution >= 0.6 is 0 Å². The van der Waals surface area contributed by atoms with Crippen LogP contribution in [0.5, 0.6) is 0 Å². The maximum atomic E-state index is 12.0. The first-order valence-corrected chi connectivity index (χ1v) is 5.83. The molecule has 3 nitrogen and oxygen atoms in total. The Morgan fingerprint density at radius 1 is 1.50 bits per heavy atom. The third-order valence-corrected chi connectivity index (χ3v) is 3.05. The molecule has 1 aliphatic heterocycles. The smallest absolute Gasteiger partial charge is 0.152 e. The van der Waals surface area contributed by atoms with Crippen molar-refractivity contribution >= 4 is 5.78 Å². The predicted octanol–water partition coefficient (Wildman–Crippen LogP) is 1.92. The van der Waals surface area contributed by atoms with Gasteiger partial charge in [-0.3, -0.25) is 4.79 Å². The molecule has 0 saturated carbocycles. The van der Waals surface area contributed by atoms with Crippen LogP contribution in [0.4, 0.5) is 0 Å². The minimum Gasteiger partial charge on any atom is -0.369 e. The van der Waals surface area contributed by atoms with Gasteiger partial charge in [0.15, 0.2) is 5.78 Å². The van der Waals surface area contributed by atoms with Gasteiger partial charge in [-0.05, 0) is 34.1 Å². The maximum absolute atomic E-state index is 12.0. The summed E-state index contributed by atoms with van der Waals surface area (Å²) in [5, 5.41) is 3.05. The highest BCUT2D eigenvalue weighted by atomic mass is 16.5. The highest BCUT2D eigenvalue weighted by Crippen LogP contribution is 2.42. The number of Topliss-reactive ketones (excluding diaryl/α,β-unsaturated/α-hetero) is 1. The molecule has 92 valence electrons. The van der Waals surface area contributed by atoms with E-state index < -0.39 is 0 Å². The van der Waals surface area contributed by atoms with Gasteiger partial charge in [0.05, 0.1) is 23.7 Å². The molecule has 16 heavy (non-hydrogen) atoms. The molecule has 0 aromatic carbocycles. The van der Waals surface area contributed by atoms with E-state index in [9.17, 15) is 4.79 Å². The van der Waals surface area contributed by atoms with Crippen molar-refractivity contribution < 1.29 is 9.53 Å². The summed E-state index contributed by atoms with van der Waals surface area (Å²) in [6.45, 7) is 12.8. The number of carbonyl (C=O) groups excluding carboxylic acids is 1. The molecule has 0 bridgehead atoms. The molecular weight excluding hydrogens is 202 g/mol. The Kier molecular flexibility index (Phi) is 3.92. The van der Waals surface area contributed by atoms with E-state index in [0.29, 0.717) is 13.1 Å². The van der Waals surface area contributed by atoms with Gasteiger partial charge in [0.2, 0.25) is 0 Å². The van der Waals surface area contributed by atoms with E-state index in [1.54, 1.807) is 6.08 Å². The average Bonchev–Trinajstić information content (AvgIpc) is 2.34. The first kappa shape index (κ1) is 13.4. The number of nitrogens with one attached hydrogen (secondary N) is 1. The summed E-state index contributed by atoms with van der Waals surface area (Å²) in [7, 11) is 0. The van der Waals surface area contributed by atoms with Gasteiger partial charge in [0.1, 0.15) is 0 Å². The van der Waals surface area contributed by atoms with E-state index in [4.69, 9.17) is 4.74 Å². The number of hydrogen-bond acceptors (Lipinski definition) is 3. The molecule has 0 aromatic rings. The minimum atomic E-state index is -0.351. The Morgan fingerprint density at radius 2 is 2.12 bits per heavy atom. The van der Waals surface area contributed by atoms with Gasteiger partial charge in [-0.2, -0.15) is 0 Å². The minimum absolute atomic E-state index is 0.0141. The van der Waals surface area contributed by atoms with Crippen LogP contribution in [0, 0.1) is 5.92 Å². The molecule has 1 aliphatic rings. The van der Waals surface area contributed by atoms with Crippen LogP contribution < -0.4 is 5.32 Å². The van der Waals surface area contributed by atoms with Crippen molar-refractivity contribution in [1.29, 1.82) is 0 Å². The van der Waals surface area contributed by atoms with Crippen LogP contribution in [0.15, 0.2) is 12.7 Å². The van der Waals surface area contributed by atoms with E-state index in [1.807, 2.05) is 27.7 Å². The topological polar surface area (TPSA) is 38.3 Å². The first-order valence-electron chi connectivity index (χ1n) is 5.83. The molecule has 0 aliphatic carbocycles. The summed E-state index contributed by atoms with van der Waals surface area (Å²) in [6, 6.07) is 0. The molecule has 0 aromatic heterocycles. The summed E-state index contributed by atoms with van der Waals surface area (Å²) in [5.74, 6) is 0.220. The largest absolute Gasteiger partial charge is 0.369 e. The summed E-state index contributed by atoms with van der Waals surface area (Å²) < 4.78 is 5.91. The van der Waals surface area contributed by atoms with Crippen molar-refractivity contribution in [3.63, 3.8) is 0 Å². The molecular formula is C13H23NO2. The van der Waals surface area contributed by atoms with Crippen molar-refractivity contribution in [2.75, 3.05) is 13.1 Å². The van der Waals surface area contributed by atoms with Crippen LogP contribution in [-0.2, 0) is 9.53 Å². The zero-order valence-electron chi connectivity index (χ0n) is 10.8. The Bertz CT molecular complexity index is 282. The second-order valence-electron chi connectivity index (χ2n) is 5.61. The van der Waals surface area contributed by atoms with Gasteiger partial charge >= 0.3 is 0 Å².